The van der Waals surface area contributed by atoms with Crippen LogP contribution in [0, 0.1) is 0 Å². The summed E-state index contributed by atoms with van der Waals surface area (Å²) in [4.78, 5) is 35.7. The number of amides is 2. The van der Waals surface area contributed by atoms with Gasteiger partial charge in [-0.25, -0.2) is 0 Å². The van der Waals surface area contributed by atoms with E-state index in [1.165, 1.54) is 0 Å². The number of ketones is 1. The molecule has 5 heteroatoms. The van der Waals surface area contributed by atoms with E-state index in [1.807, 2.05) is 43.3 Å². The topological polar surface area (TPSA) is 75.3 Å². The molecule has 0 aliphatic rings. The molecule has 0 aromatic heterocycles. The van der Waals surface area contributed by atoms with Gasteiger partial charge in [0.15, 0.2) is 5.78 Å². The maximum absolute atomic E-state index is 12.3. The summed E-state index contributed by atoms with van der Waals surface area (Å²) in [5.74, 6) is -0.615. The van der Waals surface area contributed by atoms with Crippen molar-refractivity contribution in [2.24, 2.45) is 0 Å². The van der Waals surface area contributed by atoms with Crippen LogP contribution in [-0.4, -0.2) is 30.2 Å². The molecule has 0 aliphatic carbocycles. The van der Waals surface area contributed by atoms with Crippen LogP contribution in [0.2, 0.25) is 0 Å². The lowest BCUT2D eigenvalue weighted by Crippen LogP contribution is -2.44. The zero-order valence-corrected chi connectivity index (χ0v) is 14.0. The van der Waals surface area contributed by atoms with Gasteiger partial charge in [0.05, 0.1) is 0 Å². The van der Waals surface area contributed by atoms with Crippen LogP contribution < -0.4 is 10.6 Å². The third-order valence-corrected chi connectivity index (χ3v) is 3.77. The molecule has 2 N–H and O–H groups in total. The lowest BCUT2D eigenvalue weighted by atomic mass is 10.0. The number of Topliss-reactive ketones (excluding diaryl/α,β-unsaturated/α-hetero) is 1. The Bertz CT molecular complexity index is 755. The first kappa shape index (κ1) is 17.7. The van der Waals surface area contributed by atoms with Crippen molar-refractivity contribution in [3.8, 4) is 0 Å². The molecule has 0 aliphatic heterocycles. The van der Waals surface area contributed by atoms with Crippen molar-refractivity contribution in [1.29, 1.82) is 0 Å². The Morgan fingerprint density at radius 1 is 1.00 bits per heavy atom. The minimum Gasteiger partial charge on any atom is -0.355 e. The van der Waals surface area contributed by atoms with Crippen LogP contribution in [-0.2, 0) is 9.59 Å². The number of fused-ring (bicyclic) bond motifs is 1. The van der Waals surface area contributed by atoms with E-state index in [0.29, 0.717) is 12.1 Å². The van der Waals surface area contributed by atoms with Crippen LogP contribution >= 0.6 is 0 Å². The molecule has 2 aromatic carbocycles. The van der Waals surface area contributed by atoms with Gasteiger partial charge < -0.3 is 10.6 Å². The summed E-state index contributed by atoms with van der Waals surface area (Å²) in [5.41, 5.74) is 0.596. The average Bonchev–Trinajstić information content (AvgIpc) is 2.59. The number of hydrogen-bond acceptors (Lipinski definition) is 3. The van der Waals surface area contributed by atoms with Crippen LogP contribution in [0.4, 0.5) is 0 Å². The molecule has 24 heavy (non-hydrogen) atoms. The third kappa shape index (κ3) is 4.65. The van der Waals surface area contributed by atoms with Crippen molar-refractivity contribution < 1.29 is 14.4 Å². The van der Waals surface area contributed by atoms with E-state index in [4.69, 9.17) is 0 Å². The van der Waals surface area contributed by atoms with Crippen molar-refractivity contribution in [3.05, 3.63) is 48.0 Å². The summed E-state index contributed by atoms with van der Waals surface area (Å²) in [5, 5.41) is 7.31. The highest BCUT2D eigenvalue weighted by molar-refractivity contribution is 6.01. The first-order valence-corrected chi connectivity index (χ1v) is 8.10. The Morgan fingerprint density at radius 2 is 1.71 bits per heavy atom. The molecule has 2 aromatic rings. The average molecular weight is 326 g/mol. The van der Waals surface area contributed by atoms with Crippen molar-refractivity contribution >= 4 is 28.4 Å². The maximum atomic E-state index is 12.3. The fraction of sp³-hybridized carbons (Fsp3) is 0.316. The van der Waals surface area contributed by atoms with Crippen LogP contribution in [0.15, 0.2) is 42.5 Å². The quantitative estimate of drug-likeness (QED) is 0.767. The van der Waals surface area contributed by atoms with Crippen molar-refractivity contribution in [1.82, 2.24) is 10.6 Å². The number of rotatable bonds is 7. The SMILES string of the molecule is CCNC(=O)[C@@H](C)NC(=O)CCC(=O)c1ccc2ccccc2c1. The van der Waals surface area contributed by atoms with Crippen molar-refractivity contribution in [2.75, 3.05) is 6.54 Å². The Labute approximate surface area is 141 Å². The zero-order chi connectivity index (χ0) is 17.5. The second-order valence-electron chi connectivity index (χ2n) is 5.67. The van der Waals surface area contributed by atoms with Gasteiger partial charge in [-0.2, -0.15) is 0 Å². The zero-order valence-electron chi connectivity index (χ0n) is 14.0. The van der Waals surface area contributed by atoms with E-state index in [-0.39, 0.29) is 30.4 Å². The molecule has 2 amide bonds. The minimum absolute atomic E-state index is 0.0649. The monoisotopic (exact) mass is 326 g/mol. The standard InChI is InChI=1S/C19H22N2O3/c1-3-20-19(24)13(2)21-18(23)11-10-17(22)16-9-8-14-6-4-5-7-15(14)12-16/h4-9,12-13H,3,10-11H2,1-2H3,(H,20,24)(H,21,23)/t13-/m1/s1. The maximum Gasteiger partial charge on any atom is 0.242 e. The molecule has 0 bridgehead atoms. The summed E-state index contributed by atoms with van der Waals surface area (Å²) >= 11 is 0. The van der Waals surface area contributed by atoms with Gasteiger partial charge >= 0.3 is 0 Å². The largest absolute Gasteiger partial charge is 0.355 e. The van der Waals surface area contributed by atoms with E-state index in [0.717, 1.165) is 10.8 Å². The fourth-order valence-electron chi connectivity index (χ4n) is 2.44. The molecule has 0 spiro atoms. The van der Waals surface area contributed by atoms with Gasteiger partial charge in [0.25, 0.3) is 0 Å². The van der Waals surface area contributed by atoms with Gasteiger partial charge in [0.2, 0.25) is 11.8 Å². The van der Waals surface area contributed by atoms with Crippen LogP contribution in [0.1, 0.15) is 37.0 Å². The van der Waals surface area contributed by atoms with Crippen molar-refractivity contribution in [3.63, 3.8) is 0 Å². The molecule has 5 nitrogen and oxygen atoms in total. The second kappa shape index (κ2) is 8.24. The number of likely N-dealkylation sites (N-methyl/N-ethyl adjacent to an activating group) is 1. The van der Waals surface area contributed by atoms with E-state index in [9.17, 15) is 14.4 Å². The van der Waals surface area contributed by atoms with Gasteiger partial charge in [0, 0.05) is 24.9 Å². The van der Waals surface area contributed by atoms with Gasteiger partial charge in [-0.05, 0) is 30.7 Å². The summed E-state index contributed by atoms with van der Waals surface area (Å²) in [7, 11) is 0. The lowest BCUT2D eigenvalue weighted by molar-refractivity contribution is -0.128. The van der Waals surface area contributed by atoms with Crippen LogP contribution in [0.3, 0.4) is 0 Å². The summed E-state index contributed by atoms with van der Waals surface area (Å²) < 4.78 is 0. The third-order valence-electron chi connectivity index (χ3n) is 3.77. The van der Waals surface area contributed by atoms with E-state index < -0.39 is 6.04 Å². The highest BCUT2D eigenvalue weighted by Gasteiger charge is 2.16. The number of hydrogen-bond donors (Lipinski definition) is 2. The molecule has 0 saturated carbocycles. The number of benzene rings is 2. The smallest absolute Gasteiger partial charge is 0.242 e. The molecular weight excluding hydrogens is 304 g/mol. The Hall–Kier alpha value is -2.69. The molecular formula is C19H22N2O3. The van der Waals surface area contributed by atoms with Gasteiger partial charge in [-0.15, -0.1) is 0 Å². The molecule has 0 saturated heterocycles. The van der Waals surface area contributed by atoms with Gasteiger partial charge in [-0.1, -0.05) is 36.4 Å². The summed E-state index contributed by atoms with van der Waals surface area (Å²) in [6, 6.07) is 12.7. The van der Waals surface area contributed by atoms with E-state index in [1.54, 1.807) is 13.0 Å². The normalized spacial score (nSPS) is 11.8. The predicted octanol–water partition coefficient (Wildman–Crippen LogP) is 2.44. The number of nitrogens with one attached hydrogen (secondary N) is 2. The molecule has 0 unspecified atom stereocenters. The summed E-state index contributed by atoms with van der Waals surface area (Å²) in [6.45, 7) is 3.95. The van der Waals surface area contributed by atoms with Crippen molar-refractivity contribution in [2.45, 2.75) is 32.7 Å². The molecule has 126 valence electrons. The molecule has 2 rings (SSSR count). The van der Waals surface area contributed by atoms with Gasteiger partial charge in [0.1, 0.15) is 6.04 Å². The van der Waals surface area contributed by atoms with Gasteiger partial charge in [-0.3, -0.25) is 14.4 Å². The molecule has 0 heterocycles. The lowest BCUT2D eigenvalue weighted by Gasteiger charge is -2.13. The minimum atomic E-state index is -0.603. The number of carbonyl (C=O) groups excluding carboxylic acids is 3. The molecule has 0 radical (unpaired) electrons. The molecule has 0 fully saturated rings. The van der Waals surface area contributed by atoms with Crippen LogP contribution in [0.5, 0.6) is 0 Å². The van der Waals surface area contributed by atoms with E-state index in [2.05, 4.69) is 10.6 Å². The Morgan fingerprint density at radius 3 is 2.42 bits per heavy atom. The summed E-state index contributed by atoms with van der Waals surface area (Å²) in [6.07, 6.45) is 0.182. The first-order valence-electron chi connectivity index (χ1n) is 8.10. The molecule has 1 atom stereocenters. The predicted molar refractivity (Wildman–Crippen MR) is 93.8 cm³/mol. The number of carbonyl (C=O) groups is 3. The second-order valence-corrected chi connectivity index (χ2v) is 5.67. The highest BCUT2D eigenvalue weighted by Crippen LogP contribution is 2.17. The Kier molecular flexibility index (Phi) is 6.07. The van der Waals surface area contributed by atoms with Crippen LogP contribution in [0.25, 0.3) is 10.8 Å². The first-order chi connectivity index (χ1) is 11.5. The van der Waals surface area contributed by atoms with E-state index >= 15 is 0 Å². The fourth-order valence-corrected chi connectivity index (χ4v) is 2.44. The highest BCUT2D eigenvalue weighted by atomic mass is 16.2. The Balaban J connectivity index is 1.89.